The summed E-state index contributed by atoms with van der Waals surface area (Å²) in [4.78, 5) is 4.24. The highest BCUT2D eigenvalue weighted by molar-refractivity contribution is 9.10. The summed E-state index contributed by atoms with van der Waals surface area (Å²) in [6.07, 6.45) is 0. The van der Waals surface area contributed by atoms with Crippen molar-refractivity contribution in [2.75, 3.05) is 11.9 Å². The molecule has 88 valence electrons. The molecule has 0 spiro atoms. The van der Waals surface area contributed by atoms with Crippen LogP contribution in [-0.4, -0.2) is 12.5 Å². The maximum Gasteiger partial charge on any atom is 0.193 e. The van der Waals surface area contributed by atoms with Gasteiger partial charge in [-0.2, -0.15) is 0 Å². The highest BCUT2D eigenvalue weighted by Gasteiger charge is 1.99. The number of hydrogen-bond donors (Lipinski definition) is 2. The maximum absolute atomic E-state index is 5.77. The zero-order valence-corrected chi connectivity index (χ0v) is 11.5. The Kier molecular flexibility index (Phi) is 4.80. The van der Waals surface area contributed by atoms with Gasteiger partial charge < -0.3 is 11.1 Å². The lowest BCUT2D eigenvalue weighted by atomic mass is 10.2. The number of benzene rings is 1. The van der Waals surface area contributed by atoms with Crippen molar-refractivity contribution in [1.29, 1.82) is 0 Å². The SMILES string of the molecule is Cc1cc(NC(N)=NCC(C)C)ccc1Br. The molecule has 0 atom stereocenters. The van der Waals surface area contributed by atoms with Gasteiger partial charge in [-0.25, -0.2) is 0 Å². The molecule has 0 unspecified atom stereocenters. The molecule has 0 aromatic heterocycles. The Bertz CT molecular complexity index is 386. The summed E-state index contributed by atoms with van der Waals surface area (Å²) in [5, 5.41) is 3.07. The van der Waals surface area contributed by atoms with Gasteiger partial charge in [0.25, 0.3) is 0 Å². The third-order valence-electron chi connectivity index (χ3n) is 2.06. The Labute approximate surface area is 105 Å². The van der Waals surface area contributed by atoms with Crippen LogP contribution in [0.2, 0.25) is 0 Å². The second-order valence-electron chi connectivity index (χ2n) is 4.21. The average Bonchev–Trinajstić information content (AvgIpc) is 2.21. The van der Waals surface area contributed by atoms with Crippen LogP contribution in [-0.2, 0) is 0 Å². The first kappa shape index (κ1) is 13.0. The van der Waals surface area contributed by atoms with Gasteiger partial charge in [-0.3, -0.25) is 4.99 Å². The molecule has 1 aromatic carbocycles. The minimum absolute atomic E-state index is 0.468. The van der Waals surface area contributed by atoms with Crippen LogP contribution < -0.4 is 11.1 Å². The van der Waals surface area contributed by atoms with Gasteiger partial charge in [0.15, 0.2) is 5.96 Å². The predicted octanol–water partition coefficient (Wildman–Crippen LogP) is 3.14. The van der Waals surface area contributed by atoms with Crippen molar-refractivity contribution in [3.05, 3.63) is 28.2 Å². The van der Waals surface area contributed by atoms with E-state index in [9.17, 15) is 0 Å². The number of aryl methyl sites for hydroxylation is 1. The number of nitrogens with one attached hydrogen (secondary N) is 1. The molecule has 0 bridgehead atoms. The van der Waals surface area contributed by atoms with Gasteiger partial charge in [-0.1, -0.05) is 29.8 Å². The Morgan fingerprint density at radius 1 is 1.50 bits per heavy atom. The lowest BCUT2D eigenvalue weighted by Gasteiger charge is -2.08. The molecule has 0 radical (unpaired) electrons. The Morgan fingerprint density at radius 2 is 2.19 bits per heavy atom. The number of hydrogen-bond acceptors (Lipinski definition) is 1. The average molecular weight is 284 g/mol. The molecular weight excluding hydrogens is 266 g/mol. The minimum atomic E-state index is 0.468. The van der Waals surface area contributed by atoms with E-state index in [-0.39, 0.29) is 0 Å². The number of guanidine groups is 1. The monoisotopic (exact) mass is 283 g/mol. The van der Waals surface area contributed by atoms with Crippen LogP contribution in [0.5, 0.6) is 0 Å². The van der Waals surface area contributed by atoms with E-state index in [1.54, 1.807) is 0 Å². The van der Waals surface area contributed by atoms with Gasteiger partial charge >= 0.3 is 0 Å². The van der Waals surface area contributed by atoms with Crippen molar-refractivity contribution in [3.8, 4) is 0 Å². The molecule has 0 saturated carbocycles. The number of anilines is 1. The van der Waals surface area contributed by atoms with Crippen molar-refractivity contribution in [2.24, 2.45) is 16.6 Å². The fourth-order valence-corrected chi connectivity index (χ4v) is 1.44. The van der Waals surface area contributed by atoms with E-state index in [4.69, 9.17) is 5.73 Å². The summed E-state index contributed by atoms with van der Waals surface area (Å²) >= 11 is 3.46. The van der Waals surface area contributed by atoms with E-state index in [0.29, 0.717) is 11.9 Å². The first-order chi connectivity index (χ1) is 7.49. The Hall–Kier alpha value is -1.03. The molecule has 1 aromatic rings. The molecule has 1 rings (SSSR count). The quantitative estimate of drug-likeness (QED) is 0.661. The smallest absolute Gasteiger partial charge is 0.193 e. The van der Waals surface area contributed by atoms with Crippen molar-refractivity contribution < 1.29 is 0 Å². The lowest BCUT2D eigenvalue weighted by molar-refractivity contribution is 0.665. The fraction of sp³-hybridized carbons (Fsp3) is 0.417. The number of nitrogens with zero attached hydrogens (tertiary/aromatic N) is 1. The molecule has 3 N–H and O–H groups in total. The van der Waals surface area contributed by atoms with Crippen LogP contribution in [0.25, 0.3) is 0 Å². The van der Waals surface area contributed by atoms with Crippen molar-refractivity contribution in [2.45, 2.75) is 20.8 Å². The Balaban J connectivity index is 2.66. The molecule has 4 heteroatoms. The fourth-order valence-electron chi connectivity index (χ4n) is 1.19. The van der Waals surface area contributed by atoms with E-state index >= 15 is 0 Å². The molecule has 16 heavy (non-hydrogen) atoms. The van der Waals surface area contributed by atoms with Crippen LogP contribution in [0.4, 0.5) is 5.69 Å². The van der Waals surface area contributed by atoms with Gasteiger partial charge in [0.2, 0.25) is 0 Å². The normalized spacial score (nSPS) is 11.9. The predicted molar refractivity (Wildman–Crippen MR) is 73.8 cm³/mol. The largest absolute Gasteiger partial charge is 0.370 e. The third kappa shape index (κ3) is 4.23. The van der Waals surface area contributed by atoms with Crippen LogP contribution in [0, 0.1) is 12.8 Å². The first-order valence-corrected chi connectivity index (χ1v) is 6.11. The van der Waals surface area contributed by atoms with E-state index in [1.807, 2.05) is 25.1 Å². The van der Waals surface area contributed by atoms with E-state index in [1.165, 1.54) is 5.56 Å². The molecule has 0 aliphatic carbocycles. The highest BCUT2D eigenvalue weighted by atomic mass is 79.9. The summed E-state index contributed by atoms with van der Waals surface area (Å²) < 4.78 is 1.09. The molecule has 0 fully saturated rings. The highest BCUT2D eigenvalue weighted by Crippen LogP contribution is 2.19. The molecule has 0 aliphatic rings. The van der Waals surface area contributed by atoms with Crippen LogP contribution in [0.15, 0.2) is 27.7 Å². The van der Waals surface area contributed by atoms with Gasteiger partial charge in [-0.05, 0) is 36.6 Å². The molecular formula is C12H18BrN3. The molecule has 0 heterocycles. The van der Waals surface area contributed by atoms with E-state index in [0.717, 1.165) is 16.7 Å². The first-order valence-electron chi connectivity index (χ1n) is 5.32. The molecule has 0 saturated heterocycles. The third-order valence-corrected chi connectivity index (χ3v) is 2.95. The summed E-state index contributed by atoms with van der Waals surface area (Å²) in [7, 11) is 0. The van der Waals surface area contributed by atoms with Crippen LogP contribution in [0.1, 0.15) is 19.4 Å². The molecule has 0 amide bonds. The van der Waals surface area contributed by atoms with Gasteiger partial charge in [0.05, 0.1) is 0 Å². The summed E-state index contributed by atoms with van der Waals surface area (Å²) in [6, 6.07) is 5.99. The van der Waals surface area contributed by atoms with Crippen LogP contribution in [0.3, 0.4) is 0 Å². The standard InChI is InChI=1S/C12H18BrN3/c1-8(2)7-15-12(14)16-10-4-5-11(13)9(3)6-10/h4-6,8H,7H2,1-3H3,(H3,14,15,16). The minimum Gasteiger partial charge on any atom is -0.370 e. The maximum atomic E-state index is 5.77. The van der Waals surface area contributed by atoms with Gasteiger partial charge in [0.1, 0.15) is 0 Å². The van der Waals surface area contributed by atoms with E-state index in [2.05, 4.69) is 40.1 Å². The van der Waals surface area contributed by atoms with Crippen molar-refractivity contribution >= 4 is 27.6 Å². The zero-order valence-electron chi connectivity index (χ0n) is 9.92. The van der Waals surface area contributed by atoms with Gasteiger partial charge in [0, 0.05) is 16.7 Å². The van der Waals surface area contributed by atoms with Gasteiger partial charge in [-0.15, -0.1) is 0 Å². The van der Waals surface area contributed by atoms with Crippen LogP contribution >= 0.6 is 15.9 Å². The summed E-state index contributed by atoms with van der Waals surface area (Å²) in [6.45, 7) is 7.01. The summed E-state index contributed by atoms with van der Waals surface area (Å²) in [5.41, 5.74) is 7.90. The number of aliphatic imine (C=N–C) groups is 1. The summed E-state index contributed by atoms with van der Waals surface area (Å²) in [5.74, 6) is 0.988. The second kappa shape index (κ2) is 5.89. The lowest BCUT2D eigenvalue weighted by Crippen LogP contribution is -2.23. The Morgan fingerprint density at radius 3 is 2.75 bits per heavy atom. The van der Waals surface area contributed by atoms with E-state index < -0.39 is 0 Å². The number of nitrogens with two attached hydrogens (primary N) is 1. The molecule has 3 nitrogen and oxygen atoms in total. The zero-order chi connectivity index (χ0) is 12.1. The van der Waals surface area contributed by atoms with Crippen molar-refractivity contribution in [3.63, 3.8) is 0 Å². The molecule has 0 aliphatic heterocycles. The topological polar surface area (TPSA) is 50.4 Å². The van der Waals surface area contributed by atoms with Crippen molar-refractivity contribution in [1.82, 2.24) is 0 Å². The number of rotatable bonds is 3. The second-order valence-corrected chi connectivity index (χ2v) is 5.06. The number of halogens is 1.